The van der Waals surface area contributed by atoms with E-state index in [9.17, 15) is 5.11 Å². The fraction of sp³-hybridized carbons (Fsp3) is 0.200. The summed E-state index contributed by atoms with van der Waals surface area (Å²) in [6.45, 7) is 0. The van der Waals surface area contributed by atoms with Crippen LogP contribution in [-0.4, -0.2) is 14.5 Å². The summed E-state index contributed by atoms with van der Waals surface area (Å²) in [6.07, 6.45) is 5.40. The second kappa shape index (κ2) is 6.06. The van der Waals surface area contributed by atoms with Crippen LogP contribution in [0.3, 0.4) is 0 Å². The van der Waals surface area contributed by atoms with E-state index in [-0.39, 0.29) is 0 Å². The minimum Gasteiger partial charge on any atom is -0.381 e. The molecule has 1 aliphatic carbocycles. The predicted molar refractivity (Wildman–Crippen MR) is 104 cm³/mol. The first-order chi connectivity index (χ1) is 12.7. The van der Waals surface area contributed by atoms with Crippen LogP contribution in [0.15, 0.2) is 48.9 Å². The van der Waals surface area contributed by atoms with Gasteiger partial charge in [0.25, 0.3) is 0 Å². The van der Waals surface area contributed by atoms with Crippen molar-refractivity contribution in [2.75, 3.05) is 0 Å². The molecule has 1 fully saturated rings. The van der Waals surface area contributed by atoms with Crippen LogP contribution in [0.2, 0.25) is 0 Å². The summed E-state index contributed by atoms with van der Waals surface area (Å²) in [6, 6.07) is 13.8. The zero-order valence-corrected chi connectivity index (χ0v) is 15.4. The number of thiazole rings is 1. The molecule has 0 aliphatic heterocycles. The van der Waals surface area contributed by atoms with Crippen LogP contribution >= 0.6 is 22.7 Å². The summed E-state index contributed by atoms with van der Waals surface area (Å²) in [5.41, 5.74) is 2.61. The van der Waals surface area contributed by atoms with Crippen molar-refractivity contribution in [1.29, 1.82) is 5.26 Å². The molecule has 1 saturated carbocycles. The average molecular weight is 377 g/mol. The smallest absolute Gasteiger partial charge is 0.130 e. The highest BCUT2D eigenvalue weighted by atomic mass is 32.1. The third-order valence-electron chi connectivity index (χ3n) is 4.71. The number of hydrogen-bond acceptors (Lipinski definition) is 5. The number of aromatic nitrogens is 2. The topological polar surface area (TPSA) is 61.3 Å². The Morgan fingerprint density at radius 2 is 2.12 bits per heavy atom. The number of fused-ring (bicyclic) bond motifs is 1. The van der Waals surface area contributed by atoms with Crippen molar-refractivity contribution in [3.8, 4) is 16.5 Å². The Morgan fingerprint density at radius 3 is 2.92 bits per heavy atom. The van der Waals surface area contributed by atoms with Gasteiger partial charge in [0.05, 0.1) is 23.5 Å². The van der Waals surface area contributed by atoms with E-state index in [2.05, 4.69) is 11.1 Å². The van der Waals surface area contributed by atoms with Gasteiger partial charge in [-0.3, -0.25) is 4.40 Å². The fourth-order valence-corrected chi connectivity index (χ4v) is 5.55. The Hall–Kier alpha value is -2.46. The summed E-state index contributed by atoms with van der Waals surface area (Å²) in [7, 11) is 0. The lowest BCUT2D eigenvalue weighted by Crippen LogP contribution is -2.03. The molecule has 3 heterocycles. The molecule has 0 bridgehead atoms. The molecule has 4 nitrogen and oxygen atoms in total. The van der Waals surface area contributed by atoms with Crippen molar-refractivity contribution in [3.05, 3.63) is 69.9 Å². The van der Waals surface area contributed by atoms with E-state index in [0.29, 0.717) is 11.5 Å². The van der Waals surface area contributed by atoms with Crippen LogP contribution in [0.25, 0.3) is 15.3 Å². The van der Waals surface area contributed by atoms with Gasteiger partial charge in [0.2, 0.25) is 0 Å². The van der Waals surface area contributed by atoms with E-state index in [4.69, 9.17) is 5.26 Å². The lowest BCUT2D eigenvalue weighted by Gasteiger charge is -2.10. The molecule has 3 aromatic heterocycles. The van der Waals surface area contributed by atoms with Crippen LogP contribution in [0, 0.1) is 11.3 Å². The monoisotopic (exact) mass is 377 g/mol. The van der Waals surface area contributed by atoms with E-state index in [1.165, 1.54) is 17.7 Å². The first kappa shape index (κ1) is 15.8. The molecule has 1 aromatic carbocycles. The molecule has 0 spiro atoms. The minimum absolute atomic E-state index is 0.580. The van der Waals surface area contributed by atoms with E-state index < -0.39 is 6.10 Å². The molecule has 128 valence electrons. The van der Waals surface area contributed by atoms with Crippen LogP contribution in [0.1, 0.15) is 45.9 Å². The number of nitriles is 1. The minimum atomic E-state index is -0.661. The molecule has 0 amide bonds. The van der Waals surface area contributed by atoms with Gasteiger partial charge in [0, 0.05) is 14.6 Å². The van der Waals surface area contributed by atoms with Crippen LogP contribution in [0.4, 0.5) is 0 Å². The summed E-state index contributed by atoms with van der Waals surface area (Å²) in [4.78, 5) is 8.57. The second-order valence-corrected chi connectivity index (χ2v) is 8.70. The average Bonchev–Trinajstić information content (AvgIpc) is 3.09. The highest BCUT2D eigenvalue weighted by molar-refractivity contribution is 7.17. The molecule has 5 rings (SSSR count). The van der Waals surface area contributed by atoms with E-state index >= 15 is 0 Å². The SMILES string of the molecule is N#Cc1cccc(-c2ccc(C(O)c3c(C4CC4)sc4cncn34)s2)c1. The van der Waals surface area contributed by atoms with Crippen molar-refractivity contribution in [3.63, 3.8) is 0 Å². The number of benzene rings is 1. The molecule has 1 atom stereocenters. The van der Waals surface area contributed by atoms with Gasteiger partial charge in [-0.15, -0.1) is 22.7 Å². The van der Waals surface area contributed by atoms with Gasteiger partial charge < -0.3 is 5.11 Å². The zero-order chi connectivity index (χ0) is 17.7. The van der Waals surface area contributed by atoms with Gasteiger partial charge in [-0.25, -0.2) is 4.98 Å². The summed E-state index contributed by atoms with van der Waals surface area (Å²) < 4.78 is 2.03. The Kier molecular flexibility index (Phi) is 3.68. The molecule has 0 radical (unpaired) electrons. The number of rotatable bonds is 4. The van der Waals surface area contributed by atoms with Crippen molar-refractivity contribution in [1.82, 2.24) is 9.38 Å². The Balaban J connectivity index is 1.55. The number of imidazole rings is 1. The molecular weight excluding hydrogens is 362 g/mol. The maximum Gasteiger partial charge on any atom is 0.130 e. The predicted octanol–water partition coefficient (Wildman–Crippen LogP) is 4.96. The summed E-state index contributed by atoms with van der Waals surface area (Å²) in [5, 5.41) is 20.2. The van der Waals surface area contributed by atoms with E-state index in [1.807, 2.05) is 40.9 Å². The van der Waals surface area contributed by atoms with E-state index in [1.54, 1.807) is 35.1 Å². The highest BCUT2D eigenvalue weighted by Crippen LogP contribution is 2.48. The third-order valence-corrected chi connectivity index (χ3v) is 7.17. The lowest BCUT2D eigenvalue weighted by molar-refractivity contribution is 0.217. The zero-order valence-electron chi connectivity index (χ0n) is 13.8. The molecular formula is C20H15N3OS2. The van der Waals surface area contributed by atoms with Gasteiger partial charge in [-0.2, -0.15) is 5.26 Å². The van der Waals surface area contributed by atoms with Gasteiger partial charge in [-0.1, -0.05) is 12.1 Å². The number of aliphatic hydroxyl groups excluding tert-OH is 1. The number of thiophene rings is 1. The molecule has 4 aromatic rings. The quantitative estimate of drug-likeness (QED) is 0.547. The van der Waals surface area contributed by atoms with Crippen molar-refractivity contribution < 1.29 is 5.11 Å². The van der Waals surface area contributed by atoms with Crippen LogP contribution in [-0.2, 0) is 0 Å². The molecule has 1 unspecified atom stereocenters. The van der Waals surface area contributed by atoms with Gasteiger partial charge in [0.1, 0.15) is 17.3 Å². The Morgan fingerprint density at radius 1 is 1.23 bits per heavy atom. The summed E-state index contributed by atoms with van der Waals surface area (Å²) >= 11 is 3.32. The molecule has 1 aliphatic rings. The normalized spacial score (nSPS) is 15.2. The number of aliphatic hydroxyl groups is 1. The highest BCUT2D eigenvalue weighted by Gasteiger charge is 2.33. The standard InChI is InChI=1S/C20H15N3OS2/c21-9-12-2-1-3-14(8-12)15-6-7-16(25-15)19(24)18-20(13-4-5-13)26-17-10-22-11-23(17)18/h1-3,6-8,10-11,13,19,24H,4-5H2. The Labute approximate surface area is 158 Å². The van der Waals surface area contributed by atoms with Gasteiger partial charge >= 0.3 is 0 Å². The molecule has 0 saturated heterocycles. The first-order valence-electron chi connectivity index (χ1n) is 8.47. The van der Waals surface area contributed by atoms with Gasteiger partial charge in [0.15, 0.2) is 0 Å². The first-order valence-corrected chi connectivity index (χ1v) is 10.1. The van der Waals surface area contributed by atoms with E-state index in [0.717, 1.165) is 25.8 Å². The van der Waals surface area contributed by atoms with Crippen molar-refractivity contribution in [2.45, 2.75) is 24.9 Å². The largest absolute Gasteiger partial charge is 0.381 e. The fourth-order valence-electron chi connectivity index (χ4n) is 3.26. The van der Waals surface area contributed by atoms with Crippen LogP contribution < -0.4 is 0 Å². The summed E-state index contributed by atoms with van der Waals surface area (Å²) in [5.74, 6) is 0.580. The Bertz CT molecular complexity index is 1140. The third kappa shape index (κ3) is 2.56. The second-order valence-electron chi connectivity index (χ2n) is 6.52. The molecule has 6 heteroatoms. The maximum atomic E-state index is 11.1. The number of hydrogen-bond donors (Lipinski definition) is 1. The number of nitrogens with zero attached hydrogens (tertiary/aromatic N) is 3. The van der Waals surface area contributed by atoms with Crippen LogP contribution in [0.5, 0.6) is 0 Å². The van der Waals surface area contributed by atoms with Gasteiger partial charge in [-0.05, 0) is 48.6 Å². The molecule has 1 N–H and O–H groups in total. The van der Waals surface area contributed by atoms with Crippen molar-refractivity contribution >= 4 is 27.5 Å². The maximum absolute atomic E-state index is 11.1. The van der Waals surface area contributed by atoms with Crippen molar-refractivity contribution in [2.24, 2.45) is 0 Å². The molecule has 26 heavy (non-hydrogen) atoms. The lowest BCUT2D eigenvalue weighted by atomic mass is 10.1.